The van der Waals surface area contributed by atoms with Crippen LogP contribution in [-0.4, -0.2) is 23.0 Å². The van der Waals surface area contributed by atoms with Gasteiger partial charge in [-0.25, -0.2) is 4.98 Å². The average Bonchev–Trinajstić information content (AvgIpc) is 2.46. The number of nitrogens with one attached hydrogen (secondary N) is 2. The molecule has 1 aromatic carbocycles. The summed E-state index contributed by atoms with van der Waals surface area (Å²) < 4.78 is 5.07. The summed E-state index contributed by atoms with van der Waals surface area (Å²) in [6, 6.07) is 7.20. The van der Waals surface area contributed by atoms with E-state index in [2.05, 4.69) is 20.8 Å². The summed E-state index contributed by atoms with van der Waals surface area (Å²) >= 11 is 0. The Morgan fingerprint density at radius 3 is 2.94 bits per heavy atom. The molecule has 0 radical (unpaired) electrons. The molecule has 6 heteroatoms. The minimum Gasteiger partial charge on any atom is -0.497 e. The largest absolute Gasteiger partial charge is 0.497 e. The first-order valence-corrected chi connectivity index (χ1v) is 5.26. The molecule has 6 nitrogen and oxygen atoms in total. The Morgan fingerprint density at radius 1 is 1.33 bits per heavy atom. The molecule has 0 atom stereocenters. The van der Waals surface area contributed by atoms with Gasteiger partial charge in [0, 0.05) is 18.5 Å². The molecule has 0 fully saturated rings. The maximum Gasteiger partial charge on any atom is 0.289 e. The van der Waals surface area contributed by atoms with Gasteiger partial charge >= 0.3 is 0 Å². The lowest BCUT2D eigenvalue weighted by atomic mass is 10.3. The molecule has 0 aliphatic heterocycles. The molecule has 1 heterocycles. The number of carbonyl (C=O) groups excluding carboxylic acids is 1. The number of anilines is 1. The summed E-state index contributed by atoms with van der Waals surface area (Å²) in [5, 5.41) is 0. The smallest absolute Gasteiger partial charge is 0.289 e. The maximum absolute atomic E-state index is 11.7. The Balaban J connectivity index is 1.97. The van der Waals surface area contributed by atoms with Crippen molar-refractivity contribution in [3.05, 3.63) is 48.5 Å². The first kappa shape index (κ1) is 11.8. The van der Waals surface area contributed by atoms with Crippen LogP contribution in [0.5, 0.6) is 5.75 Å². The Bertz CT molecular complexity index is 531. The van der Waals surface area contributed by atoms with Crippen molar-refractivity contribution in [1.82, 2.24) is 15.4 Å². The van der Waals surface area contributed by atoms with E-state index in [0.717, 1.165) is 0 Å². The predicted molar refractivity (Wildman–Crippen MR) is 66.1 cm³/mol. The maximum atomic E-state index is 11.7. The summed E-state index contributed by atoms with van der Waals surface area (Å²) in [5.41, 5.74) is 6.25. The number of aromatic nitrogens is 2. The number of benzene rings is 1. The monoisotopic (exact) mass is 244 g/mol. The zero-order chi connectivity index (χ0) is 12.8. The van der Waals surface area contributed by atoms with E-state index in [-0.39, 0.29) is 11.6 Å². The van der Waals surface area contributed by atoms with Crippen LogP contribution in [0, 0.1) is 0 Å². The van der Waals surface area contributed by atoms with Crippen LogP contribution < -0.4 is 15.6 Å². The molecule has 1 amide bonds. The first-order chi connectivity index (χ1) is 8.79. The van der Waals surface area contributed by atoms with E-state index in [1.165, 1.54) is 18.6 Å². The molecule has 2 N–H and O–H groups in total. The van der Waals surface area contributed by atoms with Gasteiger partial charge in [-0.05, 0) is 12.1 Å². The van der Waals surface area contributed by atoms with Crippen LogP contribution >= 0.6 is 0 Å². The van der Waals surface area contributed by atoms with Crippen LogP contribution in [-0.2, 0) is 0 Å². The van der Waals surface area contributed by atoms with E-state index in [1.54, 1.807) is 19.2 Å². The number of methoxy groups -OCH3 is 1. The van der Waals surface area contributed by atoms with Crippen molar-refractivity contribution in [1.29, 1.82) is 0 Å². The number of nitrogens with zero attached hydrogens (tertiary/aromatic N) is 2. The highest BCUT2D eigenvalue weighted by Crippen LogP contribution is 2.15. The fraction of sp³-hybridized carbons (Fsp3) is 0.0833. The standard InChI is InChI=1S/C12H12N4O2/c1-18-10-4-2-3-9(7-10)15-16-12(17)11-8-13-5-6-14-11/h2-8,15H,1H3,(H,16,17). The van der Waals surface area contributed by atoms with Crippen molar-refractivity contribution in [2.75, 3.05) is 12.5 Å². The molecule has 0 spiro atoms. The van der Waals surface area contributed by atoms with Crippen LogP contribution in [0.2, 0.25) is 0 Å². The predicted octanol–water partition coefficient (Wildman–Crippen LogP) is 1.24. The molecule has 92 valence electrons. The lowest BCUT2D eigenvalue weighted by molar-refractivity contribution is 0.0957. The zero-order valence-corrected chi connectivity index (χ0v) is 9.75. The second kappa shape index (κ2) is 5.62. The van der Waals surface area contributed by atoms with E-state index in [4.69, 9.17) is 4.74 Å². The first-order valence-electron chi connectivity index (χ1n) is 5.26. The Labute approximate surface area is 104 Å². The third-order valence-electron chi connectivity index (χ3n) is 2.19. The van der Waals surface area contributed by atoms with Crippen molar-refractivity contribution >= 4 is 11.6 Å². The number of amides is 1. The van der Waals surface area contributed by atoms with Gasteiger partial charge in [-0.1, -0.05) is 6.07 Å². The Morgan fingerprint density at radius 2 is 2.22 bits per heavy atom. The summed E-state index contributed by atoms with van der Waals surface area (Å²) in [7, 11) is 1.58. The van der Waals surface area contributed by atoms with Crippen molar-refractivity contribution in [2.45, 2.75) is 0 Å². The SMILES string of the molecule is COc1cccc(NNC(=O)c2cnccn2)c1. The molecular formula is C12H12N4O2. The van der Waals surface area contributed by atoms with E-state index < -0.39 is 0 Å². The Kier molecular flexibility index (Phi) is 3.70. The summed E-state index contributed by atoms with van der Waals surface area (Å²) in [4.78, 5) is 19.4. The van der Waals surface area contributed by atoms with Gasteiger partial charge in [0.1, 0.15) is 11.4 Å². The summed E-state index contributed by atoms with van der Waals surface area (Å²) in [5.74, 6) is 0.347. The normalized spacial score (nSPS) is 9.61. The highest BCUT2D eigenvalue weighted by atomic mass is 16.5. The highest BCUT2D eigenvalue weighted by Gasteiger charge is 2.05. The van der Waals surface area contributed by atoms with Crippen molar-refractivity contribution in [3.63, 3.8) is 0 Å². The average molecular weight is 244 g/mol. The number of carbonyl (C=O) groups is 1. The highest BCUT2D eigenvalue weighted by molar-refractivity contribution is 5.92. The molecule has 0 saturated carbocycles. The van der Waals surface area contributed by atoms with Gasteiger partial charge in [0.25, 0.3) is 5.91 Å². The molecule has 0 bridgehead atoms. The minimum absolute atomic E-state index is 0.243. The van der Waals surface area contributed by atoms with Crippen LogP contribution in [0.15, 0.2) is 42.9 Å². The number of ether oxygens (including phenoxy) is 1. The topological polar surface area (TPSA) is 76.1 Å². The quantitative estimate of drug-likeness (QED) is 0.791. The van der Waals surface area contributed by atoms with Crippen LogP contribution in [0.1, 0.15) is 10.5 Å². The van der Waals surface area contributed by atoms with Gasteiger partial charge in [0.2, 0.25) is 0 Å². The number of hydrogen-bond acceptors (Lipinski definition) is 5. The third-order valence-corrected chi connectivity index (χ3v) is 2.19. The molecule has 0 unspecified atom stereocenters. The van der Waals surface area contributed by atoms with Gasteiger partial charge in [-0.3, -0.25) is 20.6 Å². The molecule has 1 aromatic heterocycles. The minimum atomic E-state index is -0.356. The fourth-order valence-corrected chi connectivity index (χ4v) is 1.31. The Hall–Kier alpha value is -2.63. The van der Waals surface area contributed by atoms with Gasteiger partial charge < -0.3 is 4.74 Å². The van der Waals surface area contributed by atoms with E-state index >= 15 is 0 Å². The number of hydrazine groups is 1. The van der Waals surface area contributed by atoms with Gasteiger partial charge in [0.05, 0.1) is 19.0 Å². The summed E-state index contributed by atoms with van der Waals surface area (Å²) in [6.07, 6.45) is 4.36. The number of rotatable bonds is 4. The molecule has 18 heavy (non-hydrogen) atoms. The molecule has 0 aliphatic rings. The van der Waals surface area contributed by atoms with Crippen molar-refractivity contribution < 1.29 is 9.53 Å². The molecule has 2 rings (SSSR count). The lowest BCUT2D eigenvalue weighted by Gasteiger charge is -2.08. The van der Waals surface area contributed by atoms with Gasteiger partial charge in [-0.2, -0.15) is 0 Å². The summed E-state index contributed by atoms with van der Waals surface area (Å²) in [6.45, 7) is 0. The van der Waals surface area contributed by atoms with Crippen LogP contribution in [0.25, 0.3) is 0 Å². The van der Waals surface area contributed by atoms with Crippen LogP contribution in [0.4, 0.5) is 5.69 Å². The number of hydrogen-bond donors (Lipinski definition) is 2. The third kappa shape index (κ3) is 2.94. The van der Waals surface area contributed by atoms with Crippen LogP contribution in [0.3, 0.4) is 0 Å². The van der Waals surface area contributed by atoms with Gasteiger partial charge in [-0.15, -0.1) is 0 Å². The van der Waals surface area contributed by atoms with E-state index in [9.17, 15) is 4.79 Å². The second-order valence-corrected chi connectivity index (χ2v) is 3.40. The second-order valence-electron chi connectivity index (χ2n) is 3.40. The molecule has 2 aromatic rings. The molecule has 0 aliphatic carbocycles. The fourth-order valence-electron chi connectivity index (χ4n) is 1.31. The van der Waals surface area contributed by atoms with E-state index in [1.807, 2.05) is 12.1 Å². The molecule has 0 saturated heterocycles. The van der Waals surface area contributed by atoms with Gasteiger partial charge in [0.15, 0.2) is 0 Å². The lowest BCUT2D eigenvalue weighted by Crippen LogP contribution is -2.30. The van der Waals surface area contributed by atoms with E-state index in [0.29, 0.717) is 11.4 Å². The van der Waals surface area contributed by atoms with Crippen molar-refractivity contribution in [2.24, 2.45) is 0 Å². The zero-order valence-electron chi connectivity index (χ0n) is 9.75. The molecular weight excluding hydrogens is 232 g/mol. The van der Waals surface area contributed by atoms with Crippen molar-refractivity contribution in [3.8, 4) is 5.75 Å².